The van der Waals surface area contributed by atoms with E-state index < -0.39 is 5.69 Å². The lowest BCUT2D eigenvalue weighted by molar-refractivity contribution is 0.324. The zero-order chi connectivity index (χ0) is 12.0. The highest BCUT2D eigenvalue weighted by Crippen LogP contribution is 2.53. The number of benzene rings is 1. The summed E-state index contributed by atoms with van der Waals surface area (Å²) in [7, 11) is 1.85. The predicted octanol–water partition coefficient (Wildman–Crippen LogP) is 2.76. The third-order valence-electron chi connectivity index (χ3n) is 1.91. The van der Waals surface area contributed by atoms with Gasteiger partial charge in [0.1, 0.15) is 5.75 Å². The van der Waals surface area contributed by atoms with Crippen molar-refractivity contribution in [2.24, 2.45) is 0 Å². The van der Waals surface area contributed by atoms with Crippen molar-refractivity contribution in [2.45, 2.75) is 6.92 Å². The molecule has 16 heavy (non-hydrogen) atoms. The van der Waals surface area contributed by atoms with E-state index >= 15 is 0 Å². The van der Waals surface area contributed by atoms with Gasteiger partial charge < -0.3 is 14.4 Å². The second kappa shape index (κ2) is 6.62. The Morgan fingerprint density at radius 2 is 2.12 bits per heavy atom. The molecule has 1 unspecified atom stereocenters. The second-order valence-corrected chi connectivity index (χ2v) is 8.47. The SMILES string of the molecule is CNCCOP(=S)(S)Oc1ccccc1C. The Kier molecular flexibility index (Phi) is 5.79. The van der Waals surface area contributed by atoms with E-state index in [1.807, 2.05) is 38.2 Å². The standard InChI is InChI=1S/C10H16NO2PS2/c1-9-5-3-4-6-10(9)13-14(15,16)12-8-7-11-2/h3-6,11H,7-8H2,1-2H3,(H,15,16). The summed E-state index contributed by atoms with van der Waals surface area (Å²) >= 11 is 9.47. The molecule has 0 bridgehead atoms. The van der Waals surface area contributed by atoms with Crippen molar-refractivity contribution < 1.29 is 9.05 Å². The molecule has 1 aromatic rings. The van der Waals surface area contributed by atoms with Crippen LogP contribution >= 0.6 is 17.9 Å². The van der Waals surface area contributed by atoms with Crippen LogP contribution in [0.25, 0.3) is 0 Å². The van der Waals surface area contributed by atoms with Gasteiger partial charge in [-0.1, -0.05) is 30.4 Å². The third kappa shape index (κ3) is 4.85. The number of hydrogen-bond acceptors (Lipinski definition) is 4. The molecule has 0 heterocycles. The summed E-state index contributed by atoms with van der Waals surface area (Å²) in [5, 5.41) is 2.97. The van der Waals surface area contributed by atoms with Gasteiger partial charge >= 0.3 is 0 Å². The average molecular weight is 277 g/mol. The van der Waals surface area contributed by atoms with E-state index in [1.165, 1.54) is 0 Å². The molecule has 0 radical (unpaired) electrons. The zero-order valence-corrected chi connectivity index (χ0v) is 11.9. The number of aryl methyl sites for hydroxylation is 1. The zero-order valence-electron chi connectivity index (χ0n) is 9.34. The molecule has 1 atom stereocenters. The monoisotopic (exact) mass is 277 g/mol. The lowest BCUT2D eigenvalue weighted by Gasteiger charge is -2.18. The van der Waals surface area contributed by atoms with E-state index in [0.29, 0.717) is 6.61 Å². The molecule has 0 saturated carbocycles. The molecular formula is C10H16NO2PS2. The Morgan fingerprint density at radius 3 is 2.75 bits per heavy atom. The van der Waals surface area contributed by atoms with Gasteiger partial charge in [-0.2, -0.15) is 0 Å². The number of hydrogen-bond donors (Lipinski definition) is 2. The molecule has 0 amide bonds. The number of para-hydroxylation sites is 1. The summed E-state index contributed by atoms with van der Waals surface area (Å²) in [6.07, 6.45) is 0. The van der Waals surface area contributed by atoms with Gasteiger partial charge in [-0.25, -0.2) is 0 Å². The first-order valence-corrected chi connectivity index (χ1v) is 8.71. The predicted molar refractivity (Wildman–Crippen MR) is 75.0 cm³/mol. The van der Waals surface area contributed by atoms with Crippen molar-refractivity contribution in [3.63, 3.8) is 0 Å². The first kappa shape index (κ1) is 14.0. The quantitative estimate of drug-likeness (QED) is 0.475. The molecule has 1 rings (SSSR count). The second-order valence-electron chi connectivity index (χ2n) is 3.26. The van der Waals surface area contributed by atoms with Crippen molar-refractivity contribution in [3.8, 4) is 5.75 Å². The largest absolute Gasteiger partial charge is 0.436 e. The maximum Gasteiger partial charge on any atom is 0.294 e. The van der Waals surface area contributed by atoms with Crippen molar-refractivity contribution >= 4 is 29.7 Å². The Bertz CT molecular complexity index is 387. The average Bonchev–Trinajstić information content (AvgIpc) is 2.21. The first-order chi connectivity index (χ1) is 7.55. The number of thiol groups is 1. The van der Waals surface area contributed by atoms with Crippen molar-refractivity contribution in [1.82, 2.24) is 5.32 Å². The summed E-state index contributed by atoms with van der Waals surface area (Å²) in [6, 6.07) is 7.69. The Labute approximate surface area is 107 Å². The fraction of sp³-hybridized carbons (Fsp3) is 0.400. The number of likely N-dealkylation sites (N-methyl/N-ethyl adjacent to an activating group) is 1. The van der Waals surface area contributed by atoms with Crippen LogP contribution in [0.2, 0.25) is 0 Å². The van der Waals surface area contributed by atoms with Gasteiger partial charge in [0.2, 0.25) is 0 Å². The molecular weight excluding hydrogens is 261 g/mol. The lowest BCUT2D eigenvalue weighted by atomic mass is 10.2. The van der Waals surface area contributed by atoms with Crippen LogP contribution in [0.4, 0.5) is 0 Å². The van der Waals surface area contributed by atoms with Crippen LogP contribution < -0.4 is 9.84 Å². The van der Waals surface area contributed by atoms with Gasteiger partial charge in [0.15, 0.2) is 0 Å². The van der Waals surface area contributed by atoms with Crippen LogP contribution in [0, 0.1) is 6.92 Å². The van der Waals surface area contributed by atoms with Crippen LogP contribution in [-0.2, 0) is 16.3 Å². The van der Waals surface area contributed by atoms with E-state index in [0.717, 1.165) is 17.9 Å². The minimum absolute atomic E-state index is 0.503. The van der Waals surface area contributed by atoms with E-state index in [9.17, 15) is 0 Å². The molecule has 1 aromatic carbocycles. The Balaban J connectivity index is 2.59. The summed E-state index contributed by atoms with van der Waals surface area (Å²) in [6.45, 7) is 3.20. The number of rotatable bonds is 6. The summed E-state index contributed by atoms with van der Waals surface area (Å²) in [5.41, 5.74) is -1.45. The molecule has 6 heteroatoms. The Hall–Kier alpha value is -0.0600. The molecule has 0 aliphatic heterocycles. The third-order valence-corrected chi connectivity index (χ3v) is 3.98. The van der Waals surface area contributed by atoms with Gasteiger partial charge in [-0.05, 0) is 37.4 Å². The van der Waals surface area contributed by atoms with E-state index in [4.69, 9.17) is 20.9 Å². The fourth-order valence-electron chi connectivity index (χ4n) is 1.07. The molecule has 0 spiro atoms. The maximum absolute atomic E-state index is 5.62. The number of nitrogens with one attached hydrogen (secondary N) is 1. The highest BCUT2D eigenvalue weighted by atomic mass is 32.9. The van der Waals surface area contributed by atoms with Gasteiger partial charge in [0.05, 0.1) is 6.61 Å². The minimum Gasteiger partial charge on any atom is -0.436 e. The van der Waals surface area contributed by atoms with E-state index in [1.54, 1.807) is 0 Å². The van der Waals surface area contributed by atoms with Crippen LogP contribution in [0.3, 0.4) is 0 Å². The van der Waals surface area contributed by atoms with Crippen molar-refractivity contribution in [1.29, 1.82) is 0 Å². The summed E-state index contributed by atoms with van der Waals surface area (Å²) in [5.74, 6) is 0.741. The van der Waals surface area contributed by atoms with E-state index in [2.05, 4.69) is 17.6 Å². The van der Waals surface area contributed by atoms with Crippen LogP contribution in [0.5, 0.6) is 5.75 Å². The molecule has 0 aromatic heterocycles. The molecule has 0 fully saturated rings. The van der Waals surface area contributed by atoms with Crippen LogP contribution in [-0.4, -0.2) is 20.2 Å². The van der Waals surface area contributed by atoms with Crippen molar-refractivity contribution in [3.05, 3.63) is 29.8 Å². The lowest BCUT2D eigenvalue weighted by Crippen LogP contribution is -2.13. The Morgan fingerprint density at radius 1 is 1.44 bits per heavy atom. The van der Waals surface area contributed by atoms with Crippen LogP contribution in [0.15, 0.2) is 24.3 Å². The smallest absolute Gasteiger partial charge is 0.294 e. The molecule has 1 N–H and O–H groups in total. The van der Waals surface area contributed by atoms with Crippen LogP contribution in [0.1, 0.15) is 5.56 Å². The van der Waals surface area contributed by atoms with E-state index in [-0.39, 0.29) is 0 Å². The molecule has 0 saturated heterocycles. The van der Waals surface area contributed by atoms with Gasteiger partial charge in [-0.15, -0.1) is 0 Å². The maximum atomic E-state index is 5.62. The molecule has 3 nitrogen and oxygen atoms in total. The van der Waals surface area contributed by atoms with Gasteiger partial charge in [0, 0.05) is 6.54 Å². The molecule has 0 aliphatic carbocycles. The van der Waals surface area contributed by atoms with Gasteiger partial charge in [-0.3, -0.25) is 0 Å². The topological polar surface area (TPSA) is 30.5 Å². The first-order valence-electron chi connectivity index (χ1n) is 4.92. The van der Waals surface area contributed by atoms with Gasteiger partial charge in [0.25, 0.3) is 5.69 Å². The summed E-state index contributed by atoms with van der Waals surface area (Å²) in [4.78, 5) is 0. The summed E-state index contributed by atoms with van der Waals surface area (Å²) < 4.78 is 11.1. The normalized spacial score (nSPS) is 14.4. The minimum atomic E-state index is -2.48. The fourth-order valence-corrected chi connectivity index (χ4v) is 2.87. The highest BCUT2D eigenvalue weighted by molar-refractivity contribution is 8.60. The molecule has 90 valence electrons. The highest BCUT2D eigenvalue weighted by Gasteiger charge is 2.15. The van der Waals surface area contributed by atoms with Crippen molar-refractivity contribution in [2.75, 3.05) is 20.2 Å². The molecule has 0 aliphatic rings.